The molecule has 2 heteroatoms. The van der Waals surface area contributed by atoms with E-state index in [1.165, 1.54) is 38.5 Å². The van der Waals surface area contributed by atoms with Crippen molar-refractivity contribution in [1.29, 1.82) is 0 Å². The Morgan fingerprint density at radius 1 is 1.38 bits per heavy atom. The van der Waals surface area contributed by atoms with Crippen LogP contribution in [0.5, 0.6) is 0 Å². The maximum absolute atomic E-state index is 5.33. The third-order valence-electron chi connectivity index (χ3n) is 2.88. The maximum Gasteiger partial charge on any atom is 0.0466 e. The molecule has 0 aromatic rings. The molecule has 78 valence electrons. The minimum Gasteiger partial charge on any atom is -0.382 e. The van der Waals surface area contributed by atoms with Crippen molar-refractivity contribution in [3.8, 4) is 0 Å². The molecule has 0 aromatic carbocycles. The fourth-order valence-corrected chi connectivity index (χ4v) is 2.93. The zero-order valence-corrected chi connectivity index (χ0v) is 10.2. The lowest BCUT2D eigenvalue weighted by atomic mass is 10.0. The van der Waals surface area contributed by atoms with Crippen molar-refractivity contribution >= 4 is 15.9 Å². The minimum atomic E-state index is 0.746. The summed E-state index contributed by atoms with van der Waals surface area (Å²) in [7, 11) is 0. The summed E-state index contributed by atoms with van der Waals surface area (Å²) in [5.41, 5.74) is 0. The lowest BCUT2D eigenvalue weighted by Gasteiger charge is -2.16. The first kappa shape index (κ1) is 11.5. The summed E-state index contributed by atoms with van der Waals surface area (Å²) in [6.07, 6.45) is 8.25. The normalized spacial score (nSPS) is 20.8. The Labute approximate surface area is 90.4 Å². The quantitative estimate of drug-likeness (QED) is 0.514. The number of hydrogen-bond donors (Lipinski definition) is 0. The summed E-state index contributed by atoms with van der Waals surface area (Å²) in [6.45, 7) is 3.85. The Hall–Kier alpha value is 0.440. The third kappa shape index (κ3) is 4.46. The molecule has 1 fully saturated rings. The Kier molecular flexibility index (Phi) is 6.05. The van der Waals surface area contributed by atoms with Gasteiger partial charge in [0.25, 0.3) is 0 Å². The van der Waals surface area contributed by atoms with Crippen molar-refractivity contribution in [2.45, 2.75) is 50.3 Å². The highest BCUT2D eigenvalue weighted by Crippen LogP contribution is 2.33. The lowest BCUT2D eigenvalue weighted by molar-refractivity contribution is 0.142. The first-order valence-corrected chi connectivity index (χ1v) is 6.48. The van der Waals surface area contributed by atoms with Crippen LogP contribution in [0.2, 0.25) is 0 Å². The largest absolute Gasteiger partial charge is 0.382 e. The smallest absolute Gasteiger partial charge is 0.0466 e. The van der Waals surface area contributed by atoms with Crippen LogP contribution in [0.25, 0.3) is 0 Å². The summed E-state index contributed by atoms with van der Waals surface area (Å²) < 4.78 is 5.33. The number of halogens is 1. The van der Waals surface area contributed by atoms with Gasteiger partial charge in [-0.2, -0.15) is 0 Å². The predicted molar refractivity (Wildman–Crippen MR) is 60.4 cm³/mol. The zero-order valence-electron chi connectivity index (χ0n) is 8.60. The van der Waals surface area contributed by atoms with Gasteiger partial charge in [0.15, 0.2) is 0 Å². The second kappa shape index (κ2) is 6.83. The molecule has 1 unspecified atom stereocenters. The van der Waals surface area contributed by atoms with E-state index in [2.05, 4.69) is 22.9 Å². The lowest BCUT2D eigenvalue weighted by Crippen LogP contribution is -2.11. The SMILES string of the molecule is CCOCCCC(Br)C1CCCC1. The number of alkyl halides is 1. The topological polar surface area (TPSA) is 9.23 Å². The van der Waals surface area contributed by atoms with Crippen LogP contribution < -0.4 is 0 Å². The second-order valence-electron chi connectivity index (χ2n) is 3.90. The van der Waals surface area contributed by atoms with Gasteiger partial charge >= 0.3 is 0 Å². The first-order chi connectivity index (χ1) is 6.34. The Morgan fingerprint density at radius 3 is 2.69 bits per heavy atom. The van der Waals surface area contributed by atoms with Crippen LogP contribution in [-0.4, -0.2) is 18.0 Å². The van der Waals surface area contributed by atoms with Crippen molar-refractivity contribution in [3.63, 3.8) is 0 Å². The fraction of sp³-hybridized carbons (Fsp3) is 1.00. The van der Waals surface area contributed by atoms with Crippen molar-refractivity contribution in [2.75, 3.05) is 13.2 Å². The molecule has 1 aliphatic rings. The predicted octanol–water partition coefficient (Wildman–Crippen LogP) is 3.76. The maximum atomic E-state index is 5.33. The summed E-state index contributed by atoms with van der Waals surface area (Å²) in [6, 6.07) is 0. The van der Waals surface area contributed by atoms with Crippen LogP contribution in [0, 0.1) is 5.92 Å². The standard InChI is InChI=1S/C11H21BrO/c1-2-13-9-5-8-11(12)10-6-3-4-7-10/h10-11H,2-9H2,1H3. The first-order valence-electron chi connectivity index (χ1n) is 5.56. The van der Waals surface area contributed by atoms with Crippen molar-refractivity contribution < 1.29 is 4.74 Å². The minimum absolute atomic E-state index is 0.746. The molecule has 1 rings (SSSR count). The summed E-state index contributed by atoms with van der Waals surface area (Å²) >= 11 is 3.80. The molecule has 0 N–H and O–H groups in total. The molecule has 0 saturated heterocycles. The van der Waals surface area contributed by atoms with Crippen LogP contribution in [0.3, 0.4) is 0 Å². The van der Waals surface area contributed by atoms with Crippen molar-refractivity contribution in [3.05, 3.63) is 0 Å². The molecular formula is C11H21BrO. The van der Waals surface area contributed by atoms with E-state index in [0.717, 1.165) is 24.0 Å². The summed E-state index contributed by atoms with van der Waals surface area (Å²) in [4.78, 5) is 0.746. The molecular weight excluding hydrogens is 228 g/mol. The van der Waals surface area contributed by atoms with E-state index in [1.54, 1.807) is 0 Å². The van der Waals surface area contributed by atoms with E-state index < -0.39 is 0 Å². The van der Waals surface area contributed by atoms with E-state index in [1.807, 2.05) is 0 Å². The summed E-state index contributed by atoms with van der Waals surface area (Å²) in [5.74, 6) is 0.946. The third-order valence-corrected chi connectivity index (χ3v) is 4.09. The van der Waals surface area contributed by atoms with Crippen LogP contribution in [-0.2, 0) is 4.74 Å². The zero-order chi connectivity index (χ0) is 9.52. The molecule has 1 aliphatic carbocycles. The van der Waals surface area contributed by atoms with Gasteiger partial charge in [-0.1, -0.05) is 28.8 Å². The van der Waals surface area contributed by atoms with Gasteiger partial charge in [0, 0.05) is 18.0 Å². The molecule has 0 amide bonds. The van der Waals surface area contributed by atoms with Gasteiger partial charge in [0.05, 0.1) is 0 Å². The van der Waals surface area contributed by atoms with Gasteiger partial charge in [-0.05, 0) is 38.5 Å². The van der Waals surface area contributed by atoms with E-state index in [4.69, 9.17) is 4.74 Å². The average molecular weight is 249 g/mol. The van der Waals surface area contributed by atoms with E-state index in [9.17, 15) is 0 Å². The summed E-state index contributed by atoms with van der Waals surface area (Å²) in [5, 5.41) is 0. The van der Waals surface area contributed by atoms with Gasteiger partial charge in [0.2, 0.25) is 0 Å². The highest BCUT2D eigenvalue weighted by Gasteiger charge is 2.21. The molecule has 0 heterocycles. The average Bonchev–Trinajstić information content (AvgIpc) is 2.65. The highest BCUT2D eigenvalue weighted by atomic mass is 79.9. The van der Waals surface area contributed by atoms with E-state index in [-0.39, 0.29) is 0 Å². The van der Waals surface area contributed by atoms with Crippen LogP contribution in [0.4, 0.5) is 0 Å². The van der Waals surface area contributed by atoms with Crippen LogP contribution >= 0.6 is 15.9 Å². The van der Waals surface area contributed by atoms with Crippen LogP contribution in [0.15, 0.2) is 0 Å². The van der Waals surface area contributed by atoms with E-state index in [0.29, 0.717) is 0 Å². The Morgan fingerprint density at radius 2 is 2.08 bits per heavy atom. The van der Waals surface area contributed by atoms with Gasteiger partial charge < -0.3 is 4.74 Å². The molecule has 0 bridgehead atoms. The molecule has 13 heavy (non-hydrogen) atoms. The molecule has 0 spiro atoms. The monoisotopic (exact) mass is 248 g/mol. The molecule has 0 aliphatic heterocycles. The fourth-order valence-electron chi connectivity index (χ4n) is 2.08. The number of ether oxygens (including phenoxy) is 1. The van der Waals surface area contributed by atoms with Crippen LogP contribution in [0.1, 0.15) is 45.4 Å². The number of hydrogen-bond acceptors (Lipinski definition) is 1. The van der Waals surface area contributed by atoms with Gasteiger partial charge in [0.1, 0.15) is 0 Å². The van der Waals surface area contributed by atoms with E-state index >= 15 is 0 Å². The van der Waals surface area contributed by atoms with Gasteiger partial charge in [-0.3, -0.25) is 0 Å². The second-order valence-corrected chi connectivity index (χ2v) is 5.08. The molecule has 0 aromatic heterocycles. The van der Waals surface area contributed by atoms with Gasteiger partial charge in [-0.15, -0.1) is 0 Å². The molecule has 1 nitrogen and oxygen atoms in total. The molecule has 1 atom stereocenters. The Balaban J connectivity index is 1.99. The molecule has 1 saturated carbocycles. The molecule has 0 radical (unpaired) electrons. The van der Waals surface area contributed by atoms with Gasteiger partial charge in [-0.25, -0.2) is 0 Å². The number of rotatable bonds is 6. The van der Waals surface area contributed by atoms with Crippen molar-refractivity contribution in [1.82, 2.24) is 0 Å². The Bertz CT molecular complexity index is 121. The van der Waals surface area contributed by atoms with Crippen molar-refractivity contribution in [2.24, 2.45) is 5.92 Å². The highest BCUT2D eigenvalue weighted by molar-refractivity contribution is 9.09.